The number of nitrogens with two attached hydrogens (primary N) is 1. The first-order valence-corrected chi connectivity index (χ1v) is 12.4. The molecule has 0 bridgehead atoms. The van der Waals surface area contributed by atoms with Gasteiger partial charge in [0.15, 0.2) is 11.0 Å². The number of aromatic nitrogens is 4. The Labute approximate surface area is 199 Å². The maximum Gasteiger partial charge on any atom is 0.338 e. The lowest BCUT2D eigenvalue weighted by Gasteiger charge is -2.15. The van der Waals surface area contributed by atoms with Crippen LogP contribution in [0.2, 0.25) is 0 Å². The number of rotatable bonds is 7. The molecule has 4 aromatic rings. The molecule has 0 saturated carbocycles. The largest absolute Gasteiger partial charge is 0.465 e. The van der Waals surface area contributed by atoms with E-state index in [9.17, 15) is 4.79 Å². The van der Waals surface area contributed by atoms with Gasteiger partial charge in [0.25, 0.3) is 0 Å². The molecule has 170 valence electrons. The fraction of sp³-hybridized carbons (Fsp3) is 0.304. The van der Waals surface area contributed by atoms with Crippen molar-refractivity contribution in [3.8, 4) is 10.7 Å². The lowest BCUT2D eigenvalue weighted by atomic mass is 10.1. The highest BCUT2D eigenvalue weighted by molar-refractivity contribution is 7.98. The molecule has 1 atom stereocenters. The maximum atomic E-state index is 12.2. The summed E-state index contributed by atoms with van der Waals surface area (Å²) in [4.78, 5) is 18.3. The average molecular weight is 482 g/mol. The molecule has 1 aromatic carbocycles. The molecule has 0 aliphatic carbocycles. The number of fused-ring (bicyclic) bond motifs is 1. The van der Waals surface area contributed by atoms with Crippen molar-refractivity contribution in [2.75, 3.05) is 19.5 Å². The molecule has 1 unspecified atom stereocenters. The summed E-state index contributed by atoms with van der Waals surface area (Å²) in [5, 5.41) is 10.7. The van der Waals surface area contributed by atoms with Crippen LogP contribution in [0.5, 0.6) is 0 Å². The van der Waals surface area contributed by atoms with Crippen LogP contribution in [0, 0.1) is 0 Å². The first-order chi connectivity index (χ1) is 16.2. The number of carbonyl (C=O) groups is 1. The molecular formula is C23H23N5O3S2. The predicted octanol–water partition coefficient (Wildman–Crippen LogP) is 4.39. The number of esters is 1. The third-order valence-electron chi connectivity index (χ3n) is 5.61. The SMILES string of the molecule is COC(=O)c1ccccc1CSc1nnc(-c2sc3ncccc3c2N)n1CC1CCCO1. The average Bonchev–Trinajstić information content (AvgIpc) is 3.58. The van der Waals surface area contributed by atoms with Crippen molar-refractivity contribution in [1.29, 1.82) is 0 Å². The van der Waals surface area contributed by atoms with E-state index in [4.69, 9.17) is 15.2 Å². The van der Waals surface area contributed by atoms with Crippen molar-refractivity contribution in [3.63, 3.8) is 0 Å². The molecule has 1 saturated heterocycles. The molecule has 1 aliphatic heterocycles. The highest BCUT2D eigenvalue weighted by Crippen LogP contribution is 2.40. The molecule has 8 nitrogen and oxygen atoms in total. The second-order valence-electron chi connectivity index (χ2n) is 7.69. The van der Waals surface area contributed by atoms with Crippen molar-refractivity contribution >= 4 is 45.0 Å². The third kappa shape index (κ3) is 4.33. The fourth-order valence-electron chi connectivity index (χ4n) is 3.93. The number of methoxy groups -OCH3 is 1. The van der Waals surface area contributed by atoms with Crippen LogP contribution in [-0.4, -0.2) is 45.5 Å². The van der Waals surface area contributed by atoms with Crippen LogP contribution in [-0.2, 0) is 21.8 Å². The Morgan fingerprint density at radius 1 is 1.30 bits per heavy atom. The molecule has 10 heteroatoms. The molecule has 0 amide bonds. The Morgan fingerprint density at radius 2 is 2.18 bits per heavy atom. The maximum absolute atomic E-state index is 12.2. The van der Waals surface area contributed by atoms with Gasteiger partial charge in [-0.15, -0.1) is 21.5 Å². The standard InChI is InChI=1S/C23H23N5O3S2/c1-30-22(29)16-8-3-2-6-14(16)13-32-23-27-26-20(28(23)12-15-7-5-11-31-15)19-18(24)17-9-4-10-25-21(17)33-19/h2-4,6,8-10,15H,5,7,11-13,24H2,1H3. The number of nitrogen functional groups attached to an aromatic ring is 1. The van der Waals surface area contributed by atoms with Gasteiger partial charge in [-0.1, -0.05) is 30.0 Å². The van der Waals surface area contributed by atoms with E-state index in [0.29, 0.717) is 23.5 Å². The zero-order chi connectivity index (χ0) is 22.8. The van der Waals surface area contributed by atoms with E-state index in [1.807, 2.05) is 30.3 Å². The molecule has 33 heavy (non-hydrogen) atoms. The zero-order valence-electron chi connectivity index (χ0n) is 18.1. The summed E-state index contributed by atoms with van der Waals surface area (Å²) in [6.07, 6.45) is 3.91. The summed E-state index contributed by atoms with van der Waals surface area (Å²) >= 11 is 3.04. The van der Waals surface area contributed by atoms with E-state index in [0.717, 1.165) is 51.1 Å². The molecule has 2 N–H and O–H groups in total. The molecule has 1 aliphatic rings. The van der Waals surface area contributed by atoms with Crippen LogP contribution in [0.4, 0.5) is 5.69 Å². The van der Waals surface area contributed by atoms with Gasteiger partial charge in [-0.05, 0) is 36.6 Å². The van der Waals surface area contributed by atoms with Crippen LogP contribution in [0.15, 0.2) is 47.8 Å². The molecule has 1 fully saturated rings. The summed E-state index contributed by atoms with van der Waals surface area (Å²) < 4.78 is 12.9. The van der Waals surface area contributed by atoms with Crippen LogP contribution >= 0.6 is 23.1 Å². The Morgan fingerprint density at radius 3 is 2.97 bits per heavy atom. The number of thiophene rings is 1. The normalized spacial score (nSPS) is 15.8. The number of anilines is 1. The summed E-state index contributed by atoms with van der Waals surface area (Å²) in [6, 6.07) is 11.3. The van der Waals surface area contributed by atoms with Gasteiger partial charge in [0.1, 0.15) is 4.83 Å². The fourth-order valence-corrected chi connectivity index (χ4v) is 5.94. The lowest BCUT2D eigenvalue weighted by molar-refractivity contribution is 0.0600. The topological polar surface area (TPSA) is 105 Å². The van der Waals surface area contributed by atoms with Gasteiger partial charge in [0.2, 0.25) is 0 Å². The van der Waals surface area contributed by atoms with Gasteiger partial charge < -0.3 is 15.2 Å². The predicted molar refractivity (Wildman–Crippen MR) is 129 cm³/mol. The van der Waals surface area contributed by atoms with Crippen molar-refractivity contribution in [2.45, 2.75) is 36.4 Å². The van der Waals surface area contributed by atoms with E-state index >= 15 is 0 Å². The summed E-state index contributed by atoms with van der Waals surface area (Å²) in [7, 11) is 1.39. The summed E-state index contributed by atoms with van der Waals surface area (Å²) in [5.41, 5.74) is 8.59. The van der Waals surface area contributed by atoms with Crippen molar-refractivity contribution in [3.05, 3.63) is 53.7 Å². The van der Waals surface area contributed by atoms with E-state index < -0.39 is 0 Å². The number of pyridine rings is 1. The van der Waals surface area contributed by atoms with Gasteiger partial charge in [-0.3, -0.25) is 4.57 Å². The number of benzene rings is 1. The first-order valence-electron chi connectivity index (χ1n) is 10.6. The second-order valence-corrected chi connectivity index (χ2v) is 9.63. The number of nitrogens with zero attached hydrogens (tertiary/aromatic N) is 4. The quantitative estimate of drug-likeness (QED) is 0.306. The highest BCUT2D eigenvalue weighted by Gasteiger charge is 2.25. The number of ether oxygens (including phenoxy) is 2. The molecule has 5 rings (SSSR count). The molecule has 3 aromatic heterocycles. The minimum atomic E-state index is -0.349. The smallest absolute Gasteiger partial charge is 0.338 e. The van der Waals surface area contributed by atoms with Crippen LogP contribution in [0.3, 0.4) is 0 Å². The summed E-state index contributed by atoms with van der Waals surface area (Å²) in [5.74, 6) is 0.922. The van der Waals surface area contributed by atoms with Gasteiger partial charge in [0.05, 0.1) is 35.9 Å². The van der Waals surface area contributed by atoms with E-state index in [-0.39, 0.29) is 12.1 Å². The van der Waals surface area contributed by atoms with Crippen LogP contribution in [0.25, 0.3) is 20.9 Å². The van der Waals surface area contributed by atoms with E-state index in [1.54, 1.807) is 12.3 Å². The van der Waals surface area contributed by atoms with Gasteiger partial charge in [-0.25, -0.2) is 9.78 Å². The van der Waals surface area contributed by atoms with E-state index in [1.165, 1.54) is 30.2 Å². The Balaban J connectivity index is 1.50. The van der Waals surface area contributed by atoms with Gasteiger partial charge in [-0.2, -0.15) is 0 Å². The molecule has 4 heterocycles. The highest BCUT2D eigenvalue weighted by atomic mass is 32.2. The monoisotopic (exact) mass is 481 g/mol. The summed E-state index contributed by atoms with van der Waals surface area (Å²) in [6.45, 7) is 1.41. The third-order valence-corrected chi connectivity index (χ3v) is 7.76. The number of hydrogen-bond acceptors (Lipinski definition) is 9. The first kappa shape index (κ1) is 21.9. The minimum Gasteiger partial charge on any atom is -0.465 e. The lowest BCUT2D eigenvalue weighted by Crippen LogP contribution is -2.16. The van der Waals surface area contributed by atoms with Gasteiger partial charge in [0, 0.05) is 23.9 Å². The van der Waals surface area contributed by atoms with Crippen molar-refractivity contribution in [1.82, 2.24) is 19.7 Å². The molecule has 0 spiro atoms. The molecule has 0 radical (unpaired) electrons. The number of hydrogen-bond donors (Lipinski definition) is 1. The zero-order valence-corrected chi connectivity index (χ0v) is 19.7. The van der Waals surface area contributed by atoms with Crippen LogP contribution < -0.4 is 5.73 Å². The molecular weight excluding hydrogens is 458 g/mol. The second kappa shape index (κ2) is 9.50. The van der Waals surface area contributed by atoms with Crippen molar-refractivity contribution < 1.29 is 14.3 Å². The minimum absolute atomic E-state index is 0.107. The van der Waals surface area contributed by atoms with Crippen molar-refractivity contribution in [2.24, 2.45) is 0 Å². The Hall–Kier alpha value is -2.95. The Kier molecular flexibility index (Phi) is 6.30. The Bertz CT molecular complexity index is 1300. The number of carbonyl (C=O) groups excluding carboxylic acids is 1. The van der Waals surface area contributed by atoms with Crippen LogP contribution in [0.1, 0.15) is 28.8 Å². The van der Waals surface area contributed by atoms with E-state index in [2.05, 4.69) is 19.7 Å². The van der Waals surface area contributed by atoms with Gasteiger partial charge >= 0.3 is 5.97 Å². The number of thioether (sulfide) groups is 1.